The number of nitrogens with zero attached hydrogens (tertiary/aromatic N) is 1. The average molecular weight is 239 g/mol. The summed E-state index contributed by atoms with van der Waals surface area (Å²) >= 11 is 0. The van der Waals surface area contributed by atoms with Gasteiger partial charge in [-0.25, -0.2) is 0 Å². The predicted molar refractivity (Wildman–Crippen MR) is 68.6 cm³/mol. The molecule has 2 aliphatic rings. The maximum Gasteiger partial charge on any atom is 0.234 e. The quantitative estimate of drug-likeness (QED) is 0.692. The first-order valence-electron chi connectivity index (χ1n) is 6.92. The molecule has 4 heteroatoms. The molecule has 17 heavy (non-hydrogen) atoms. The number of hydrogen-bond donors (Lipinski definition) is 2. The number of carbonyl (C=O) groups is 1. The normalized spacial score (nSPS) is 23.2. The Morgan fingerprint density at radius 2 is 2.00 bits per heavy atom. The number of amides is 1. The second-order valence-electron chi connectivity index (χ2n) is 5.60. The van der Waals surface area contributed by atoms with Crippen LogP contribution < -0.4 is 11.1 Å². The molecule has 0 bridgehead atoms. The third-order valence-corrected chi connectivity index (χ3v) is 4.08. The summed E-state index contributed by atoms with van der Waals surface area (Å²) < 4.78 is 0. The molecule has 2 aliphatic carbocycles. The predicted octanol–water partition coefficient (Wildman–Crippen LogP) is 0.857. The van der Waals surface area contributed by atoms with Gasteiger partial charge in [0.15, 0.2) is 0 Å². The van der Waals surface area contributed by atoms with Crippen LogP contribution in [-0.2, 0) is 4.79 Å². The fourth-order valence-electron chi connectivity index (χ4n) is 2.70. The molecule has 0 aromatic heterocycles. The van der Waals surface area contributed by atoms with Crippen molar-refractivity contribution in [2.45, 2.75) is 63.1 Å². The van der Waals surface area contributed by atoms with Crippen LogP contribution in [0.5, 0.6) is 0 Å². The van der Waals surface area contributed by atoms with E-state index in [0.29, 0.717) is 6.04 Å². The highest BCUT2D eigenvalue weighted by molar-refractivity contribution is 5.79. The van der Waals surface area contributed by atoms with Crippen LogP contribution in [0.4, 0.5) is 0 Å². The summed E-state index contributed by atoms with van der Waals surface area (Å²) in [6, 6.07) is 1.14. The smallest absolute Gasteiger partial charge is 0.234 e. The van der Waals surface area contributed by atoms with Crippen molar-refractivity contribution in [3.05, 3.63) is 0 Å². The lowest BCUT2D eigenvalue weighted by molar-refractivity contribution is -0.120. The van der Waals surface area contributed by atoms with E-state index in [2.05, 4.69) is 17.3 Å². The molecule has 0 saturated heterocycles. The van der Waals surface area contributed by atoms with Gasteiger partial charge in [-0.2, -0.15) is 0 Å². The molecule has 2 rings (SSSR count). The molecule has 0 spiro atoms. The summed E-state index contributed by atoms with van der Waals surface area (Å²) in [6.45, 7) is 0.970. The molecule has 0 radical (unpaired) electrons. The minimum Gasteiger partial charge on any atom is -0.368 e. The van der Waals surface area contributed by atoms with E-state index in [9.17, 15) is 4.79 Å². The Kier molecular flexibility index (Phi) is 4.40. The van der Waals surface area contributed by atoms with Crippen molar-refractivity contribution in [2.24, 2.45) is 5.73 Å². The first kappa shape index (κ1) is 12.8. The van der Waals surface area contributed by atoms with Gasteiger partial charge in [0, 0.05) is 18.6 Å². The summed E-state index contributed by atoms with van der Waals surface area (Å²) in [4.78, 5) is 13.7. The van der Waals surface area contributed by atoms with Crippen LogP contribution in [0.1, 0.15) is 44.9 Å². The van der Waals surface area contributed by atoms with Crippen LogP contribution >= 0.6 is 0 Å². The highest BCUT2D eigenvalue weighted by Crippen LogP contribution is 2.23. The Balaban J connectivity index is 1.71. The van der Waals surface area contributed by atoms with Gasteiger partial charge in [-0.05, 0) is 39.2 Å². The van der Waals surface area contributed by atoms with Crippen molar-refractivity contribution in [1.29, 1.82) is 0 Å². The molecular formula is C13H25N3O. The van der Waals surface area contributed by atoms with Gasteiger partial charge in [-0.1, -0.05) is 12.8 Å². The highest BCUT2D eigenvalue weighted by Gasteiger charge is 2.28. The van der Waals surface area contributed by atoms with Crippen LogP contribution in [-0.4, -0.2) is 42.5 Å². The summed E-state index contributed by atoms with van der Waals surface area (Å²) in [5.74, 6) is -0.197. The van der Waals surface area contributed by atoms with Gasteiger partial charge >= 0.3 is 0 Å². The minimum absolute atomic E-state index is 0.133. The monoisotopic (exact) mass is 239 g/mol. The molecule has 4 nitrogen and oxygen atoms in total. The Morgan fingerprint density at radius 1 is 1.35 bits per heavy atom. The average Bonchev–Trinajstić information content (AvgIpc) is 2.94. The number of hydrogen-bond acceptors (Lipinski definition) is 3. The van der Waals surface area contributed by atoms with Gasteiger partial charge in [0.05, 0.1) is 6.04 Å². The van der Waals surface area contributed by atoms with Crippen molar-refractivity contribution < 1.29 is 4.79 Å². The molecule has 2 saturated carbocycles. The van der Waals surface area contributed by atoms with E-state index in [1.807, 2.05) is 0 Å². The fraction of sp³-hybridized carbons (Fsp3) is 0.923. The van der Waals surface area contributed by atoms with Gasteiger partial charge in [0.2, 0.25) is 5.91 Å². The zero-order valence-electron chi connectivity index (χ0n) is 10.8. The maximum atomic E-state index is 11.3. The second-order valence-corrected chi connectivity index (χ2v) is 5.60. The number of carbonyl (C=O) groups excluding carboxylic acids is 1. The maximum absolute atomic E-state index is 11.3. The van der Waals surface area contributed by atoms with E-state index in [-0.39, 0.29) is 11.9 Å². The molecule has 2 fully saturated rings. The third-order valence-electron chi connectivity index (χ3n) is 4.08. The second kappa shape index (κ2) is 5.83. The van der Waals surface area contributed by atoms with E-state index in [4.69, 9.17) is 5.73 Å². The first-order chi connectivity index (χ1) is 8.16. The molecule has 0 aliphatic heterocycles. The lowest BCUT2D eigenvalue weighted by atomic mass is 10.1. The molecular weight excluding hydrogens is 214 g/mol. The summed E-state index contributed by atoms with van der Waals surface area (Å²) in [5, 5.41) is 3.34. The molecule has 1 unspecified atom stereocenters. The van der Waals surface area contributed by atoms with Crippen molar-refractivity contribution in [1.82, 2.24) is 10.2 Å². The van der Waals surface area contributed by atoms with Crippen LogP contribution in [0, 0.1) is 0 Å². The molecule has 0 heterocycles. The Labute approximate surface area is 104 Å². The van der Waals surface area contributed by atoms with Crippen LogP contribution in [0.25, 0.3) is 0 Å². The number of nitrogens with two attached hydrogens (primary N) is 1. The largest absolute Gasteiger partial charge is 0.368 e. The summed E-state index contributed by atoms with van der Waals surface area (Å²) in [6.07, 6.45) is 8.58. The van der Waals surface area contributed by atoms with E-state index in [1.54, 1.807) is 0 Å². The lowest BCUT2D eigenvalue weighted by Crippen LogP contribution is -2.45. The topological polar surface area (TPSA) is 58.4 Å². The molecule has 98 valence electrons. The standard InChI is InChI=1S/C13H25N3O/c1-16(11-4-2-3-5-11)9-8-12(13(14)17)15-10-6-7-10/h10-12,15H,2-9H2,1H3,(H2,14,17). The van der Waals surface area contributed by atoms with Crippen LogP contribution in [0.15, 0.2) is 0 Å². The van der Waals surface area contributed by atoms with Gasteiger partial charge in [-0.3, -0.25) is 4.79 Å². The minimum atomic E-state index is -0.197. The first-order valence-corrected chi connectivity index (χ1v) is 6.92. The van der Waals surface area contributed by atoms with Crippen molar-refractivity contribution in [3.63, 3.8) is 0 Å². The van der Waals surface area contributed by atoms with E-state index >= 15 is 0 Å². The fourth-order valence-corrected chi connectivity index (χ4v) is 2.70. The summed E-state index contributed by atoms with van der Waals surface area (Å²) in [5.41, 5.74) is 5.43. The molecule has 1 amide bonds. The van der Waals surface area contributed by atoms with Gasteiger partial charge in [-0.15, -0.1) is 0 Å². The number of rotatable bonds is 7. The van der Waals surface area contributed by atoms with E-state index in [1.165, 1.54) is 38.5 Å². The highest BCUT2D eigenvalue weighted by atomic mass is 16.1. The van der Waals surface area contributed by atoms with Crippen LogP contribution in [0.3, 0.4) is 0 Å². The van der Waals surface area contributed by atoms with Crippen molar-refractivity contribution in [3.8, 4) is 0 Å². The molecule has 3 N–H and O–H groups in total. The summed E-state index contributed by atoms with van der Waals surface area (Å²) in [7, 11) is 2.17. The van der Waals surface area contributed by atoms with E-state index < -0.39 is 0 Å². The van der Waals surface area contributed by atoms with Crippen molar-refractivity contribution >= 4 is 5.91 Å². The SMILES string of the molecule is CN(CCC(NC1CC1)C(N)=O)C1CCCC1. The lowest BCUT2D eigenvalue weighted by Gasteiger charge is -2.26. The number of primary amides is 1. The molecule has 1 atom stereocenters. The number of nitrogens with one attached hydrogen (secondary N) is 1. The van der Waals surface area contributed by atoms with Crippen LogP contribution in [0.2, 0.25) is 0 Å². The third kappa shape index (κ3) is 3.96. The van der Waals surface area contributed by atoms with Crippen molar-refractivity contribution in [2.75, 3.05) is 13.6 Å². The Morgan fingerprint density at radius 3 is 2.53 bits per heavy atom. The van der Waals surface area contributed by atoms with Gasteiger partial charge in [0.25, 0.3) is 0 Å². The van der Waals surface area contributed by atoms with Gasteiger partial charge < -0.3 is 16.0 Å². The molecule has 0 aromatic rings. The Bertz CT molecular complexity index is 259. The Hall–Kier alpha value is -0.610. The molecule has 0 aromatic carbocycles. The van der Waals surface area contributed by atoms with Gasteiger partial charge in [0.1, 0.15) is 0 Å². The van der Waals surface area contributed by atoms with E-state index in [0.717, 1.165) is 19.0 Å². The zero-order valence-corrected chi connectivity index (χ0v) is 10.8. The zero-order chi connectivity index (χ0) is 12.3.